The second-order valence-corrected chi connectivity index (χ2v) is 3.67. The first-order valence-electron chi connectivity index (χ1n) is 4.94. The number of benzene rings is 1. The molecule has 0 atom stereocenters. The molecule has 2 rings (SSSR count). The first kappa shape index (κ1) is 10.5. The largest absolute Gasteiger partial charge is 0.508 e. The van der Waals surface area contributed by atoms with E-state index in [1.54, 1.807) is 29.9 Å². The van der Waals surface area contributed by atoms with Crippen LogP contribution in [0.5, 0.6) is 5.75 Å². The maximum Gasteiger partial charge on any atom is 0.303 e. The highest BCUT2D eigenvalue weighted by molar-refractivity contribution is 5.83. The zero-order chi connectivity index (χ0) is 11.7. The van der Waals surface area contributed by atoms with Gasteiger partial charge in [0.05, 0.1) is 11.9 Å². The summed E-state index contributed by atoms with van der Waals surface area (Å²) < 4.78 is 1.66. The predicted molar refractivity (Wildman–Crippen MR) is 58.3 cm³/mol. The van der Waals surface area contributed by atoms with Gasteiger partial charge in [0.2, 0.25) is 0 Å². The first-order valence-corrected chi connectivity index (χ1v) is 4.94. The summed E-state index contributed by atoms with van der Waals surface area (Å²) in [6, 6.07) is 4.91. The molecule has 1 aromatic carbocycles. The summed E-state index contributed by atoms with van der Waals surface area (Å²) in [5, 5.41) is 23.1. The van der Waals surface area contributed by atoms with Crippen molar-refractivity contribution in [3.05, 3.63) is 23.9 Å². The van der Waals surface area contributed by atoms with Crippen LogP contribution in [-0.2, 0) is 18.3 Å². The first-order chi connectivity index (χ1) is 7.58. The van der Waals surface area contributed by atoms with Crippen molar-refractivity contribution >= 4 is 16.9 Å². The normalized spacial score (nSPS) is 10.8. The zero-order valence-electron chi connectivity index (χ0n) is 8.84. The van der Waals surface area contributed by atoms with Crippen LogP contribution in [0.4, 0.5) is 0 Å². The molecule has 5 nitrogen and oxygen atoms in total. The van der Waals surface area contributed by atoms with Crippen LogP contribution in [0, 0.1) is 0 Å². The molecule has 84 valence electrons. The van der Waals surface area contributed by atoms with Crippen LogP contribution in [0.2, 0.25) is 0 Å². The molecule has 1 aromatic heterocycles. The van der Waals surface area contributed by atoms with Crippen LogP contribution in [-0.4, -0.2) is 26.0 Å². The van der Waals surface area contributed by atoms with Crippen molar-refractivity contribution in [1.82, 2.24) is 9.78 Å². The Morgan fingerprint density at radius 1 is 1.50 bits per heavy atom. The van der Waals surface area contributed by atoms with Gasteiger partial charge in [-0.2, -0.15) is 5.10 Å². The number of rotatable bonds is 3. The van der Waals surface area contributed by atoms with E-state index in [1.807, 2.05) is 0 Å². The number of hydrogen-bond acceptors (Lipinski definition) is 3. The standard InChI is InChI=1S/C11H12N2O3/c1-13-10(4-5-11(15)16)8-3-2-7(14)6-9(8)12-13/h2-3,6,14H,4-5H2,1H3,(H,15,16). The van der Waals surface area contributed by atoms with Crippen molar-refractivity contribution in [2.24, 2.45) is 7.05 Å². The monoisotopic (exact) mass is 220 g/mol. The zero-order valence-corrected chi connectivity index (χ0v) is 8.84. The van der Waals surface area contributed by atoms with Gasteiger partial charge in [-0.3, -0.25) is 9.48 Å². The van der Waals surface area contributed by atoms with Crippen molar-refractivity contribution in [2.75, 3.05) is 0 Å². The number of aromatic nitrogens is 2. The fourth-order valence-electron chi connectivity index (χ4n) is 1.76. The van der Waals surface area contributed by atoms with E-state index < -0.39 is 5.97 Å². The highest BCUT2D eigenvalue weighted by Gasteiger charge is 2.10. The van der Waals surface area contributed by atoms with Crippen LogP contribution >= 0.6 is 0 Å². The maximum absolute atomic E-state index is 10.5. The van der Waals surface area contributed by atoms with E-state index in [4.69, 9.17) is 5.11 Å². The van der Waals surface area contributed by atoms with Gasteiger partial charge in [0.15, 0.2) is 0 Å². The highest BCUT2D eigenvalue weighted by atomic mass is 16.4. The summed E-state index contributed by atoms with van der Waals surface area (Å²) in [5.74, 6) is -0.663. The lowest BCUT2D eigenvalue weighted by Crippen LogP contribution is -2.03. The Balaban J connectivity index is 2.43. The number of aromatic hydroxyl groups is 1. The van der Waals surface area contributed by atoms with Crippen molar-refractivity contribution < 1.29 is 15.0 Å². The van der Waals surface area contributed by atoms with Gasteiger partial charge < -0.3 is 10.2 Å². The van der Waals surface area contributed by atoms with E-state index in [-0.39, 0.29) is 12.2 Å². The molecule has 2 N–H and O–H groups in total. The predicted octanol–water partition coefficient (Wildman–Crippen LogP) is 1.30. The van der Waals surface area contributed by atoms with Gasteiger partial charge in [0, 0.05) is 30.6 Å². The van der Waals surface area contributed by atoms with Crippen LogP contribution in [0.1, 0.15) is 12.1 Å². The van der Waals surface area contributed by atoms with E-state index in [1.165, 1.54) is 0 Å². The molecule has 16 heavy (non-hydrogen) atoms. The van der Waals surface area contributed by atoms with Crippen LogP contribution < -0.4 is 0 Å². The fourth-order valence-corrected chi connectivity index (χ4v) is 1.76. The Morgan fingerprint density at radius 3 is 2.94 bits per heavy atom. The number of nitrogens with zero attached hydrogens (tertiary/aromatic N) is 2. The number of phenolic OH excluding ortho intramolecular Hbond substituents is 1. The Morgan fingerprint density at radius 2 is 2.25 bits per heavy atom. The lowest BCUT2D eigenvalue weighted by atomic mass is 10.1. The van der Waals surface area contributed by atoms with Gasteiger partial charge in [-0.1, -0.05) is 0 Å². The molecule has 0 aliphatic rings. The third-order valence-electron chi connectivity index (χ3n) is 2.52. The van der Waals surface area contributed by atoms with Crippen LogP contribution in [0.3, 0.4) is 0 Å². The van der Waals surface area contributed by atoms with Gasteiger partial charge in [-0.15, -0.1) is 0 Å². The number of carboxylic acids is 1. The molecule has 0 amide bonds. The van der Waals surface area contributed by atoms with E-state index in [2.05, 4.69) is 5.10 Å². The summed E-state index contributed by atoms with van der Waals surface area (Å²) in [5.41, 5.74) is 1.56. The summed E-state index contributed by atoms with van der Waals surface area (Å²) >= 11 is 0. The molecule has 0 saturated heterocycles. The van der Waals surface area contributed by atoms with Crippen molar-refractivity contribution in [2.45, 2.75) is 12.8 Å². The number of fused-ring (bicyclic) bond motifs is 1. The molecule has 0 unspecified atom stereocenters. The highest BCUT2D eigenvalue weighted by Crippen LogP contribution is 2.22. The van der Waals surface area contributed by atoms with E-state index >= 15 is 0 Å². The Kier molecular flexibility index (Phi) is 2.52. The summed E-state index contributed by atoms with van der Waals surface area (Å²) in [4.78, 5) is 10.5. The second-order valence-electron chi connectivity index (χ2n) is 3.67. The van der Waals surface area contributed by atoms with Gasteiger partial charge in [0.1, 0.15) is 5.75 Å². The molecule has 0 spiro atoms. The van der Waals surface area contributed by atoms with Crippen LogP contribution in [0.15, 0.2) is 18.2 Å². The van der Waals surface area contributed by atoms with E-state index in [9.17, 15) is 9.90 Å². The minimum atomic E-state index is -0.826. The van der Waals surface area contributed by atoms with Gasteiger partial charge in [0.25, 0.3) is 0 Å². The SMILES string of the molecule is Cn1nc2cc(O)ccc2c1CCC(=O)O. The Labute approximate surface area is 91.9 Å². The lowest BCUT2D eigenvalue weighted by molar-refractivity contribution is -0.136. The lowest BCUT2D eigenvalue weighted by Gasteiger charge is -1.99. The fraction of sp³-hybridized carbons (Fsp3) is 0.273. The summed E-state index contributed by atoms with van der Waals surface area (Å²) in [6.07, 6.45) is 0.516. The average molecular weight is 220 g/mol. The van der Waals surface area contributed by atoms with Crippen molar-refractivity contribution in [3.8, 4) is 5.75 Å². The van der Waals surface area contributed by atoms with Gasteiger partial charge >= 0.3 is 5.97 Å². The second kappa shape index (κ2) is 3.84. The van der Waals surface area contributed by atoms with Crippen molar-refractivity contribution in [3.63, 3.8) is 0 Å². The Bertz CT molecular complexity index is 545. The number of aryl methyl sites for hydroxylation is 2. The molecule has 0 bridgehead atoms. The number of aliphatic carboxylic acids is 1. The third kappa shape index (κ3) is 1.84. The number of carbonyl (C=O) groups is 1. The molecule has 0 aliphatic carbocycles. The van der Waals surface area contributed by atoms with E-state index in [0.717, 1.165) is 11.1 Å². The van der Waals surface area contributed by atoms with E-state index in [0.29, 0.717) is 11.9 Å². The molecular weight excluding hydrogens is 208 g/mol. The quantitative estimate of drug-likeness (QED) is 0.817. The molecule has 1 heterocycles. The smallest absolute Gasteiger partial charge is 0.303 e. The van der Waals surface area contributed by atoms with Gasteiger partial charge in [-0.05, 0) is 12.1 Å². The molecular formula is C11H12N2O3. The topological polar surface area (TPSA) is 75.3 Å². The molecule has 0 aliphatic heterocycles. The Hall–Kier alpha value is -2.04. The molecule has 5 heteroatoms. The number of hydrogen-bond donors (Lipinski definition) is 2. The van der Waals surface area contributed by atoms with Crippen molar-refractivity contribution in [1.29, 1.82) is 0 Å². The van der Waals surface area contributed by atoms with Gasteiger partial charge in [-0.25, -0.2) is 0 Å². The summed E-state index contributed by atoms with van der Waals surface area (Å²) in [6.45, 7) is 0. The number of phenols is 1. The minimum absolute atomic E-state index is 0.0789. The molecule has 0 fully saturated rings. The number of carboxylic acid groups (broad SMARTS) is 1. The van der Waals surface area contributed by atoms with Crippen LogP contribution in [0.25, 0.3) is 10.9 Å². The molecule has 0 radical (unpaired) electrons. The molecule has 0 saturated carbocycles. The maximum atomic E-state index is 10.5. The third-order valence-corrected chi connectivity index (χ3v) is 2.52. The average Bonchev–Trinajstić information content (AvgIpc) is 2.50. The summed E-state index contributed by atoms with van der Waals surface area (Å²) in [7, 11) is 1.77. The minimum Gasteiger partial charge on any atom is -0.508 e. The molecule has 2 aromatic rings.